The molecule has 8 heteroatoms. The van der Waals surface area contributed by atoms with Crippen molar-refractivity contribution < 1.29 is 14.3 Å². The summed E-state index contributed by atoms with van der Waals surface area (Å²) < 4.78 is 4.66. The van der Waals surface area contributed by atoms with Crippen LogP contribution in [0.15, 0.2) is 41.7 Å². The van der Waals surface area contributed by atoms with Crippen molar-refractivity contribution >= 4 is 35.1 Å². The van der Waals surface area contributed by atoms with Crippen LogP contribution in [-0.2, 0) is 9.53 Å². The number of esters is 1. The van der Waals surface area contributed by atoms with Gasteiger partial charge in [-0.1, -0.05) is 11.8 Å². The Morgan fingerprint density at radius 1 is 1.25 bits per heavy atom. The van der Waals surface area contributed by atoms with Crippen molar-refractivity contribution in [3.05, 3.63) is 42.2 Å². The first-order valence-corrected chi connectivity index (χ1v) is 10.2. The number of rotatable bonds is 6. The fourth-order valence-electron chi connectivity index (χ4n) is 3.15. The number of hydrogen-bond donors (Lipinski definition) is 1. The lowest BCUT2D eigenvalue weighted by molar-refractivity contribution is -0.113. The largest absolute Gasteiger partial charge is 0.465 e. The van der Waals surface area contributed by atoms with Gasteiger partial charge in [-0.15, -0.1) is 0 Å². The van der Waals surface area contributed by atoms with E-state index in [0.29, 0.717) is 17.3 Å². The van der Waals surface area contributed by atoms with E-state index >= 15 is 0 Å². The molecule has 0 radical (unpaired) electrons. The Hall–Kier alpha value is -2.61. The number of hydrogen-bond acceptors (Lipinski definition) is 7. The maximum atomic E-state index is 12.2. The zero-order valence-electron chi connectivity index (χ0n) is 16.1. The molecule has 1 amide bonds. The highest BCUT2D eigenvalue weighted by molar-refractivity contribution is 7.99. The van der Waals surface area contributed by atoms with E-state index in [1.165, 1.54) is 38.1 Å². The molecule has 1 aromatic carbocycles. The molecule has 28 heavy (non-hydrogen) atoms. The number of piperidine rings is 1. The third-order valence-electron chi connectivity index (χ3n) is 4.67. The van der Waals surface area contributed by atoms with Crippen LogP contribution in [0.3, 0.4) is 0 Å². The molecule has 1 aromatic heterocycles. The van der Waals surface area contributed by atoms with E-state index in [9.17, 15) is 9.59 Å². The Kier molecular flexibility index (Phi) is 6.86. The maximum Gasteiger partial charge on any atom is 0.337 e. The molecule has 0 saturated carbocycles. The van der Waals surface area contributed by atoms with Gasteiger partial charge in [0.15, 0.2) is 0 Å². The van der Waals surface area contributed by atoms with E-state index in [2.05, 4.69) is 31.8 Å². The normalized spacial score (nSPS) is 16.5. The molecule has 1 atom stereocenters. The van der Waals surface area contributed by atoms with E-state index in [4.69, 9.17) is 0 Å². The molecular weight excluding hydrogens is 376 g/mol. The highest BCUT2D eigenvalue weighted by Crippen LogP contribution is 2.25. The summed E-state index contributed by atoms with van der Waals surface area (Å²) in [6.45, 7) is 3.22. The first kappa shape index (κ1) is 20.1. The quantitative estimate of drug-likeness (QED) is 0.452. The Morgan fingerprint density at radius 3 is 2.75 bits per heavy atom. The van der Waals surface area contributed by atoms with E-state index in [0.717, 1.165) is 17.4 Å². The van der Waals surface area contributed by atoms with E-state index < -0.39 is 5.97 Å². The van der Waals surface area contributed by atoms with Gasteiger partial charge in [0.2, 0.25) is 5.91 Å². The van der Waals surface area contributed by atoms with Crippen molar-refractivity contribution in [2.45, 2.75) is 37.3 Å². The SMILES string of the molecule is COC(=O)c1ccc(NC(=O)CSc2cc(N3CCCCC3C)ncn2)cc1. The smallest absolute Gasteiger partial charge is 0.337 e. The molecule has 1 fully saturated rings. The van der Waals surface area contributed by atoms with Gasteiger partial charge in [0, 0.05) is 24.3 Å². The second-order valence-corrected chi connectivity index (χ2v) is 7.65. The summed E-state index contributed by atoms with van der Waals surface area (Å²) in [6.07, 6.45) is 5.16. The van der Waals surface area contributed by atoms with Crippen molar-refractivity contribution in [3.63, 3.8) is 0 Å². The second-order valence-electron chi connectivity index (χ2n) is 6.66. The minimum absolute atomic E-state index is 0.137. The third-order valence-corrected chi connectivity index (χ3v) is 5.59. The summed E-state index contributed by atoms with van der Waals surface area (Å²) in [5, 5.41) is 3.59. The zero-order valence-corrected chi connectivity index (χ0v) is 16.9. The molecule has 2 aromatic rings. The Morgan fingerprint density at radius 2 is 2.04 bits per heavy atom. The standard InChI is InChI=1S/C20H24N4O3S/c1-14-5-3-4-10-24(14)17-11-19(22-13-21-17)28-12-18(25)23-16-8-6-15(7-9-16)20(26)27-2/h6-9,11,13-14H,3-5,10,12H2,1-2H3,(H,23,25). The highest BCUT2D eigenvalue weighted by atomic mass is 32.2. The summed E-state index contributed by atoms with van der Waals surface area (Å²) in [6, 6.07) is 9.00. The van der Waals surface area contributed by atoms with Gasteiger partial charge >= 0.3 is 5.97 Å². The Bertz CT molecular complexity index is 828. The Balaban J connectivity index is 1.54. The topological polar surface area (TPSA) is 84.4 Å². The van der Waals surface area contributed by atoms with Gasteiger partial charge in [-0.3, -0.25) is 4.79 Å². The zero-order chi connectivity index (χ0) is 19.9. The summed E-state index contributed by atoms with van der Waals surface area (Å²) in [5.41, 5.74) is 1.07. The average Bonchev–Trinajstić information content (AvgIpc) is 2.73. The molecule has 1 unspecified atom stereocenters. The number of nitrogens with one attached hydrogen (secondary N) is 1. The molecule has 3 rings (SSSR count). The summed E-state index contributed by atoms with van der Waals surface area (Å²) >= 11 is 1.37. The van der Waals surface area contributed by atoms with Gasteiger partial charge < -0.3 is 15.0 Å². The first-order valence-electron chi connectivity index (χ1n) is 9.26. The van der Waals surface area contributed by atoms with Crippen molar-refractivity contribution in [2.75, 3.05) is 29.6 Å². The number of carbonyl (C=O) groups is 2. The third kappa shape index (κ3) is 5.22. The van der Waals surface area contributed by atoms with Crippen LogP contribution in [0, 0.1) is 0 Å². The molecule has 2 heterocycles. The number of nitrogens with zero attached hydrogens (tertiary/aromatic N) is 3. The predicted octanol–water partition coefficient (Wildman–Crippen LogP) is 3.37. The van der Waals surface area contributed by atoms with E-state index in [-0.39, 0.29) is 11.7 Å². The number of thioether (sulfide) groups is 1. The van der Waals surface area contributed by atoms with Crippen LogP contribution in [0.25, 0.3) is 0 Å². The lowest BCUT2D eigenvalue weighted by Gasteiger charge is -2.34. The fraction of sp³-hybridized carbons (Fsp3) is 0.400. The molecule has 0 bridgehead atoms. The van der Waals surface area contributed by atoms with Crippen LogP contribution in [0.1, 0.15) is 36.5 Å². The lowest BCUT2D eigenvalue weighted by atomic mass is 10.0. The second kappa shape index (κ2) is 9.54. The molecule has 0 aliphatic carbocycles. The van der Waals surface area contributed by atoms with Crippen LogP contribution in [0.5, 0.6) is 0 Å². The lowest BCUT2D eigenvalue weighted by Crippen LogP contribution is -2.38. The van der Waals surface area contributed by atoms with Gasteiger partial charge in [-0.25, -0.2) is 14.8 Å². The number of anilines is 2. The maximum absolute atomic E-state index is 12.2. The van der Waals surface area contributed by atoms with Crippen LogP contribution in [0.4, 0.5) is 11.5 Å². The number of ether oxygens (including phenoxy) is 1. The fourth-order valence-corrected chi connectivity index (χ4v) is 3.81. The van der Waals surface area contributed by atoms with Crippen LogP contribution < -0.4 is 10.2 Å². The monoisotopic (exact) mass is 400 g/mol. The van der Waals surface area contributed by atoms with Gasteiger partial charge in [-0.05, 0) is 50.5 Å². The molecule has 148 valence electrons. The molecule has 0 spiro atoms. The summed E-state index contributed by atoms with van der Waals surface area (Å²) in [5.74, 6) is 0.618. The van der Waals surface area contributed by atoms with Gasteiger partial charge in [0.05, 0.1) is 18.4 Å². The number of amides is 1. The predicted molar refractivity (Wildman–Crippen MR) is 110 cm³/mol. The molecule has 1 N–H and O–H groups in total. The minimum atomic E-state index is -0.406. The molecule has 1 aliphatic rings. The summed E-state index contributed by atoms with van der Waals surface area (Å²) in [7, 11) is 1.33. The number of benzene rings is 1. The van der Waals surface area contributed by atoms with Crippen LogP contribution in [0.2, 0.25) is 0 Å². The van der Waals surface area contributed by atoms with Crippen molar-refractivity contribution in [1.82, 2.24) is 9.97 Å². The minimum Gasteiger partial charge on any atom is -0.465 e. The van der Waals surface area contributed by atoms with E-state index in [1.54, 1.807) is 30.6 Å². The number of methoxy groups -OCH3 is 1. The van der Waals surface area contributed by atoms with Crippen LogP contribution >= 0.6 is 11.8 Å². The number of carbonyl (C=O) groups excluding carboxylic acids is 2. The molecule has 1 aliphatic heterocycles. The van der Waals surface area contributed by atoms with Crippen molar-refractivity contribution in [2.24, 2.45) is 0 Å². The van der Waals surface area contributed by atoms with Crippen LogP contribution in [-0.4, -0.2) is 47.3 Å². The van der Waals surface area contributed by atoms with Crippen molar-refractivity contribution in [3.8, 4) is 0 Å². The van der Waals surface area contributed by atoms with E-state index in [1.807, 2.05) is 6.07 Å². The van der Waals surface area contributed by atoms with Gasteiger partial charge in [0.1, 0.15) is 17.2 Å². The molecule has 1 saturated heterocycles. The Labute approximate surface area is 168 Å². The van der Waals surface area contributed by atoms with Gasteiger partial charge in [0.25, 0.3) is 0 Å². The van der Waals surface area contributed by atoms with Crippen molar-refractivity contribution in [1.29, 1.82) is 0 Å². The number of aromatic nitrogens is 2. The first-order chi connectivity index (χ1) is 13.6. The highest BCUT2D eigenvalue weighted by Gasteiger charge is 2.20. The summed E-state index contributed by atoms with van der Waals surface area (Å²) in [4.78, 5) is 34.6. The molecular formula is C20H24N4O3S. The average molecular weight is 401 g/mol. The van der Waals surface area contributed by atoms with Gasteiger partial charge in [-0.2, -0.15) is 0 Å². The molecule has 7 nitrogen and oxygen atoms in total.